The van der Waals surface area contributed by atoms with Gasteiger partial charge < -0.3 is 5.73 Å². The second-order valence-electron chi connectivity index (χ2n) is 4.32. The lowest BCUT2D eigenvalue weighted by Gasteiger charge is -2.10. The number of nitrogens with two attached hydrogens (primary N) is 1. The molecule has 1 aromatic carbocycles. The summed E-state index contributed by atoms with van der Waals surface area (Å²) < 4.78 is 27.1. The maximum atomic E-state index is 12.2. The summed E-state index contributed by atoms with van der Waals surface area (Å²) in [7, 11) is -3.53. The van der Waals surface area contributed by atoms with Crippen LogP contribution in [0.4, 0.5) is 5.69 Å². The lowest BCUT2D eigenvalue weighted by Crippen LogP contribution is -2.24. The Kier molecular flexibility index (Phi) is 3.93. The number of rotatable bonds is 4. The van der Waals surface area contributed by atoms with E-state index in [0.717, 1.165) is 10.4 Å². The highest BCUT2D eigenvalue weighted by atomic mass is 32.2. The second-order valence-corrected chi connectivity index (χ2v) is 7.06. The monoisotopic (exact) mass is 296 g/mol. The number of thiophene rings is 1. The van der Waals surface area contributed by atoms with Gasteiger partial charge in [-0.15, -0.1) is 11.3 Å². The fourth-order valence-electron chi connectivity index (χ4n) is 1.75. The molecule has 0 aliphatic heterocycles. The molecule has 1 heterocycles. The van der Waals surface area contributed by atoms with Crippen LogP contribution in [-0.2, 0) is 16.6 Å². The average molecular weight is 296 g/mol. The van der Waals surface area contributed by atoms with Gasteiger partial charge in [0.2, 0.25) is 10.0 Å². The Balaban J connectivity index is 2.24. The van der Waals surface area contributed by atoms with Gasteiger partial charge in [-0.3, -0.25) is 0 Å². The lowest BCUT2D eigenvalue weighted by atomic mass is 10.2. The molecule has 0 bridgehead atoms. The van der Waals surface area contributed by atoms with Crippen LogP contribution < -0.4 is 10.5 Å². The third-order valence-corrected chi connectivity index (χ3v) is 5.58. The van der Waals surface area contributed by atoms with Gasteiger partial charge in [0.25, 0.3) is 0 Å². The molecule has 0 unspecified atom stereocenters. The first-order valence-electron chi connectivity index (χ1n) is 5.79. The van der Waals surface area contributed by atoms with Gasteiger partial charge in [0.1, 0.15) is 0 Å². The van der Waals surface area contributed by atoms with Crippen molar-refractivity contribution in [3.63, 3.8) is 0 Å². The van der Waals surface area contributed by atoms with Gasteiger partial charge in [-0.2, -0.15) is 0 Å². The average Bonchev–Trinajstić information content (AvgIpc) is 2.76. The summed E-state index contributed by atoms with van der Waals surface area (Å²) in [6.45, 7) is 3.98. The van der Waals surface area contributed by atoms with E-state index in [2.05, 4.69) is 4.72 Å². The number of nitrogens with one attached hydrogen (secondary N) is 1. The fourth-order valence-corrected chi connectivity index (χ4v) is 3.95. The summed E-state index contributed by atoms with van der Waals surface area (Å²) in [6, 6.07) is 6.88. The summed E-state index contributed by atoms with van der Waals surface area (Å²) in [6.07, 6.45) is 0. The molecule has 0 fully saturated rings. The standard InChI is InChI=1S/C13H16N2O2S2/c1-9-6-7-18-12(9)8-15-19(16,17)13-5-3-4-11(14)10(13)2/h3-7,15H,8,14H2,1-2H3. The molecule has 2 rings (SSSR count). The third-order valence-electron chi connectivity index (χ3n) is 3.01. The molecule has 19 heavy (non-hydrogen) atoms. The van der Waals surface area contributed by atoms with Gasteiger partial charge in [0, 0.05) is 17.1 Å². The summed E-state index contributed by atoms with van der Waals surface area (Å²) in [4.78, 5) is 1.26. The van der Waals surface area contributed by atoms with Gasteiger partial charge in [-0.1, -0.05) is 6.07 Å². The molecule has 0 saturated heterocycles. The Hall–Kier alpha value is -1.37. The van der Waals surface area contributed by atoms with Crippen LogP contribution in [-0.4, -0.2) is 8.42 Å². The highest BCUT2D eigenvalue weighted by Gasteiger charge is 2.17. The van der Waals surface area contributed by atoms with E-state index in [-0.39, 0.29) is 4.90 Å². The van der Waals surface area contributed by atoms with E-state index in [9.17, 15) is 8.42 Å². The quantitative estimate of drug-likeness (QED) is 0.851. The molecule has 4 nitrogen and oxygen atoms in total. The summed E-state index contributed by atoms with van der Waals surface area (Å²) in [5.41, 5.74) is 7.90. The highest BCUT2D eigenvalue weighted by Crippen LogP contribution is 2.21. The van der Waals surface area contributed by atoms with E-state index in [0.29, 0.717) is 17.8 Å². The van der Waals surface area contributed by atoms with Gasteiger partial charge in [-0.05, 0) is 48.6 Å². The van der Waals surface area contributed by atoms with Crippen molar-refractivity contribution in [2.45, 2.75) is 25.3 Å². The minimum Gasteiger partial charge on any atom is -0.398 e. The first-order chi connectivity index (χ1) is 8.92. The van der Waals surface area contributed by atoms with Crippen LogP contribution in [0.5, 0.6) is 0 Å². The predicted octanol–water partition coefficient (Wildman–Crippen LogP) is 2.43. The topological polar surface area (TPSA) is 72.2 Å². The molecular formula is C13H16N2O2S2. The van der Waals surface area contributed by atoms with Crippen LogP contribution in [0.25, 0.3) is 0 Å². The lowest BCUT2D eigenvalue weighted by molar-refractivity contribution is 0.581. The number of anilines is 1. The van der Waals surface area contributed by atoms with Crippen molar-refractivity contribution in [2.75, 3.05) is 5.73 Å². The van der Waals surface area contributed by atoms with Gasteiger partial charge in [-0.25, -0.2) is 13.1 Å². The molecular weight excluding hydrogens is 280 g/mol. The van der Waals surface area contributed by atoms with Crippen molar-refractivity contribution in [3.8, 4) is 0 Å². The maximum Gasteiger partial charge on any atom is 0.241 e. The van der Waals surface area contributed by atoms with E-state index in [4.69, 9.17) is 5.73 Å². The number of benzene rings is 1. The van der Waals surface area contributed by atoms with E-state index in [1.807, 2.05) is 18.4 Å². The first kappa shape index (κ1) is 14.0. The molecule has 0 saturated carbocycles. The fraction of sp³-hybridized carbons (Fsp3) is 0.231. The van der Waals surface area contributed by atoms with Crippen molar-refractivity contribution in [3.05, 3.63) is 45.6 Å². The molecule has 1 aromatic heterocycles. The third kappa shape index (κ3) is 2.97. The molecule has 2 aromatic rings. The van der Waals surface area contributed by atoms with Crippen molar-refractivity contribution in [1.29, 1.82) is 0 Å². The Bertz CT molecular complexity index is 690. The van der Waals surface area contributed by atoms with Crippen LogP contribution in [0, 0.1) is 13.8 Å². The van der Waals surface area contributed by atoms with Crippen LogP contribution in [0.2, 0.25) is 0 Å². The predicted molar refractivity (Wildman–Crippen MR) is 78.7 cm³/mol. The zero-order chi connectivity index (χ0) is 14.0. The van der Waals surface area contributed by atoms with Crippen molar-refractivity contribution in [2.24, 2.45) is 0 Å². The Labute approximate surface area is 117 Å². The first-order valence-corrected chi connectivity index (χ1v) is 8.16. The van der Waals surface area contributed by atoms with Crippen LogP contribution in [0.3, 0.4) is 0 Å². The maximum absolute atomic E-state index is 12.2. The summed E-state index contributed by atoms with van der Waals surface area (Å²) in [5, 5.41) is 1.95. The largest absolute Gasteiger partial charge is 0.398 e. The van der Waals surface area contributed by atoms with E-state index in [1.165, 1.54) is 0 Å². The number of hydrogen-bond acceptors (Lipinski definition) is 4. The number of nitrogen functional groups attached to an aromatic ring is 1. The van der Waals surface area contributed by atoms with Gasteiger partial charge in [0.15, 0.2) is 0 Å². The van der Waals surface area contributed by atoms with Crippen LogP contribution in [0.15, 0.2) is 34.5 Å². The van der Waals surface area contributed by atoms with E-state index < -0.39 is 10.0 Å². The van der Waals surface area contributed by atoms with Gasteiger partial charge >= 0.3 is 0 Å². The molecule has 0 aliphatic rings. The molecule has 0 aliphatic carbocycles. The van der Waals surface area contributed by atoms with Crippen LogP contribution >= 0.6 is 11.3 Å². The van der Waals surface area contributed by atoms with Crippen molar-refractivity contribution in [1.82, 2.24) is 4.72 Å². The van der Waals surface area contributed by atoms with E-state index in [1.54, 1.807) is 36.5 Å². The zero-order valence-electron chi connectivity index (χ0n) is 10.8. The van der Waals surface area contributed by atoms with E-state index >= 15 is 0 Å². The normalized spacial score (nSPS) is 11.7. The second kappa shape index (κ2) is 5.32. The molecule has 6 heteroatoms. The number of sulfonamides is 1. The molecule has 102 valence electrons. The number of aryl methyl sites for hydroxylation is 1. The summed E-state index contributed by atoms with van der Waals surface area (Å²) in [5.74, 6) is 0. The smallest absolute Gasteiger partial charge is 0.241 e. The molecule has 0 amide bonds. The van der Waals surface area contributed by atoms with Crippen molar-refractivity contribution >= 4 is 27.0 Å². The van der Waals surface area contributed by atoms with Crippen LogP contribution in [0.1, 0.15) is 16.0 Å². The van der Waals surface area contributed by atoms with Gasteiger partial charge in [0.05, 0.1) is 4.90 Å². The minimum atomic E-state index is -3.53. The SMILES string of the molecule is Cc1ccsc1CNS(=O)(=O)c1cccc(N)c1C. The zero-order valence-corrected chi connectivity index (χ0v) is 12.4. The molecule has 3 N–H and O–H groups in total. The Morgan fingerprint density at radius 3 is 2.63 bits per heavy atom. The molecule has 0 radical (unpaired) electrons. The highest BCUT2D eigenvalue weighted by molar-refractivity contribution is 7.89. The Morgan fingerprint density at radius 2 is 2.00 bits per heavy atom. The minimum absolute atomic E-state index is 0.238. The molecule has 0 atom stereocenters. The molecule has 0 spiro atoms. The number of hydrogen-bond donors (Lipinski definition) is 2. The van der Waals surface area contributed by atoms with Crippen molar-refractivity contribution < 1.29 is 8.42 Å². The summed E-state index contributed by atoms with van der Waals surface area (Å²) >= 11 is 1.54. The Morgan fingerprint density at radius 1 is 1.26 bits per heavy atom.